The van der Waals surface area contributed by atoms with Crippen molar-refractivity contribution >= 4 is 5.82 Å². The minimum atomic E-state index is 0.00191. The summed E-state index contributed by atoms with van der Waals surface area (Å²) in [6.07, 6.45) is 0. The Morgan fingerprint density at radius 1 is 1.47 bits per heavy atom. The zero-order valence-corrected chi connectivity index (χ0v) is 10.9. The number of ether oxygens (including phenoxy) is 1. The number of hydrogen-bond acceptors (Lipinski definition) is 4. The molecule has 2 heterocycles. The predicted molar refractivity (Wildman–Crippen MR) is 69.1 cm³/mol. The molecule has 1 aliphatic rings. The number of morpholine rings is 1. The van der Waals surface area contributed by atoms with Crippen molar-refractivity contribution in [2.24, 2.45) is 5.73 Å². The molecule has 0 amide bonds. The number of aromatic nitrogens is 1. The van der Waals surface area contributed by atoms with Crippen molar-refractivity contribution in [1.82, 2.24) is 4.98 Å². The molecule has 0 saturated carbocycles. The number of pyridine rings is 1. The van der Waals surface area contributed by atoms with Crippen LogP contribution in [0.15, 0.2) is 12.1 Å². The second-order valence-corrected chi connectivity index (χ2v) is 5.13. The van der Waals surface area contributed by atoms with Crippen LogP contribution in [0.2, 0.25) is 0 Å². The highest BCUT2D eigenvalue weighted by Crippen LogP contribution is 2.26. The van der Waals surface area contributed by atoms with Crippen molar-refractivity contribution in [2.45, 2.75) is 32.9 Å². The van der Waals surface area contributed by atoms with E-state index < -0.39 is 0 Å². The topological polar surface area (TPSA) is 51.4 Å². The van der Waals surface area contributed by atoms with Crippen molar-refractivity contribution in [1.29, 1.82) is 0 Å². The molecular weight excluding hydrogens is 214 g/mol. The number of nitrogens with two attached hydrogens (primary N) is 1. The number of aryl methyl sites for hydroxylation is 1. The van der Waals surface area contributed by atoms with Gasteiger partial charge in [0.25, 0.3) is 0 Å². The van der Waals surface area contributed by atoms with Gasteiger partial charge in [0, 0.05) is 18.8 Å². The van der Waals surface area contributed by atoms with Gasteiger partial charge in [0.1, 0.15) is 5.82 Å². The Labute approximate surface area is 103 Å². The Hall–Kier alpha value is -1.13. The summed E-state index contributed by atoms with van der Waals surface area (Å²) in [5.41, 5.74) is 7.79. The molecule has 1 fully saturated rings. The van der Waals surface area contributed by atoms with E-state index in [-0.39, 0.29) is 5.54 Å². The molecule has 4 heteroatoms. The molecule has 1 aromatic heterocycles. The normalized spacial score (nSPS) is 19.4. The lowest BCUT2D eigenvalue weighted by Crippen LogP contribution is -2.53. The van der Waals surface area contributed by atoms with Crippen LogP contribution in [-0.4, -0.2) is 30.3 Å². The largest absolute Gasteiger partial charge is 0.377 e. The Morgan fingerprint density at radius 2 is 2.24 bits per heavy atom. The van der Waals surface area contributed by atoms with Crippen LogP contribution in [0.4, 0.5) is 5.82 Å². The minimum Gasteiger partial charge on any atom is -0.377 e. The Morgan fingerprint density at radius 3 is 2.82 bits per heavy atom. The van der Waals surface area contributed by atoms with Gasteiger partial charge in [0.05, 0.1) is 18.8 Å². The highest BCUT2D eigenvalue weighted by atomic mass is 16.5. The van der Waals surface area contributed by atoms with E-state index in [1.54, 1.807) is 0 Å². The van der Waals surface area contributed by atoms with E-state index in [9.17, 15) is 0 Å². The van der Waals surface area contributed by atoms with E-state index >= 15 is 0 Å². The minimum absolute atomic E-state index is 0.00191. The lowest BCUT2D eigenvalue weighted by Gasteiger charge is -2.43. The predicted octanol–water partition coefficient (Wildman–Crippen LogP) is 1.46. The maximum absolute atomic E-state index is 5.66. The van der Waals surface area contributed by atoms with Crippen molar-refractivity contribution in [3.63, 3.8) is 0 Å². The van der Waals surface area contributed by atoms with Crippen molar-refractivity contribution in [3.05, 3.63) is 23.4 Å². The summed E-state index contributed by atoms with van der Waals surface area (Å²) in [5, 5.41) is 0. The first kappa shape index (κ1) is 12.3. The third-order valence-electron chi connectivity index (χ3n) is 3.32. The monoisotopic (exact) mass is 235 g/mol. The molecule has 0 spiro atoms. The molecular formula is C13H21N3O. The third-order valence-corrected chi connectivity index (χ3v) is 3.32. The van der Waals surface area contributed by atoms with Gasteiger partial charge in [0.2, 0.25) is 0 Å². The van der Waals surface area contributed by atoms with E-state index in [0.29, 0.717) is 6.54 Å². The molecule has 17 heavy (non-hydrogen) atoms. The fraction of sp³-hybridized carbons (Fsp3) is 0.615. The average molecular weight is 235 g/mol. The highest BCUT2D eigenvalue weighted by Gasteiger charge is 2.31. The number of nitrogens with zero attached hydrogens (tertiary/aromatic N) is 2. The number of anilines is 1. The molecule has 4 nitrogen and oxygen atoms in total. The lowest BCUT2D eigenvalue weighted by atomic mass is 10.0. The molecule has 0 radical (unpaired) electrons. The van der Waals surface area contributed by atoms with E-state index in [2.05, 4.69) is 35.9 Å². The van der Waals surface area contributed by atoms with Crippen LogP contribution in [0, 0.1) is 6.92 Å². The average Bonchev–Trinajstić information content (AvgIpc) is 2.28. The maximum atomic E-state index is 5.66. The van der Waals surface area contributed by atoms with Crippen LogP contribution in [0.3, 0.4) is 0 Å². The van der Waals surface area contributed by atoms with Gasteiger partial charge < -0.3 is 15.4 Å². The van der Waals surface area contributed by atoms with Crippen LogP contribution < -0.4 is 10.6 Å². The van der Waals surface area contributed by atoms with Gasteiger partial charge >= 0.3 is 0 Å². The van der Waals surface area contributed by atoms with Crippen LogP contribution in [0.25, 0.3) is 0 Å². The zero-order chi connectivity index (χ0) is 12.5. The molecule has 94 valence electrons. The van der Waals surface area contributed by atoms with Crippen molar-refractivity contribution in [3.8, 4) is 0 Å². The lowest BCUT2D eigenvalue weighted by molar-refractivity contribution is 0.0639. The second-order valence-electron chi connectivity index (χ2n) is 5.13. The van der Waals surface area contributed by atoms with Gasteiger partial charge in [-0.1, -0.05) is 6.07 Å². The molecule has 1 saturated heterocycles. The van der Waals surface area contributed by atoms with Gasteiger partial charge in [0.15, 0.2) is 0 Å². The van der Waals surface area contributed by atoms with E-state index in [1.807, 2.05) is 6.92 Å². The first-order valence-corrected chi connectivity index (χ1v) is 6.06. The molecule has 1 aliphatic heterocycles. The van der Waals surface area contributed by atoms with Gasteiger partial charge in [-0.25, -0.2) is 4.98 Å². The van der Waals surface area contributed by atoms with Crippen LogP contribution in [-0.2, 0) is 11.3 Å². The fourth-order valence-electron chi connectivity index (χ4n) is 2.23. The maximum Gasteiger partial charge on any atom is 0.129 e. The number of rotatable bonds is 2. The fourth-order valence-corrected chi connectivity index (χ4v) is 2.23. The summed E-state index contributed by atoms with van der Waals surface area (Å²) in [4.78, 5) is 6.96. The molecule has 0 unspecified atom stereocenters. The molecule has 0 aliphatic carbocycles. The Balaban J connectivity index is 2.30. The molecule has 2 N–H and O–H groups in total. The van der Waals surface area contributed by atoms with E-state index in [0.717, 1.165) is 36.8 Å². The smallest absolute Gasteiger partial charge is 0.129 e. The number of hydrogen-bond donors (Lipinski definition) is 1. The SMILES string of the molecule is Cc1nc(N2CCOCC2(C)C)ccc1CN. The van der Waals surface area contributed by atoms with Crippen LogP contribution in [0.5, 0.6) is 0 Å². The quantitative estimate of drug-likeness (QED) is 0.843. The third kappa shape index (κ3) is 2.42. The summed E-state index contributed by atoms with van der Waals surface area (Å²) in [5.74, 6) is 1.02. The molecule has 0 bridgehead atoms. The van der Waals surface area contributed by atoms with Gasteiger partial charge in [-0.15, -0.1) is 0 Å². The zero-order valence-electron chi connectivity index (χ0n) is 10.9. The molecule has 2 rings (SSSR count). The standard InChI is InChI=1S/C13H21N3O/c1-10-11(8-14)4-5-12(15-10)16-6-7-17-9-13(16,2)3/h4-5H,6-9,14H2,1-3H3. The van der Waals surface area contributed by atoms with Gasteiger partial charge in [-0.05, 0) is 32.4 Å². The summed E-state index contributed by atoms with van der Waals surface area (Å²) in [6.45, 7) is 9.32. The Bertz CT molecular complexity index is 404. The van der Waals surface area contributed by atoms with Crippen LogP contribution in [0.1, 0.15) is 25.1 Å². The summed E-state index contributed by atoms with van der Waals surface area (Å²) >= 11 is 0. The summed E-state index contributed by atoms with van der Waals surface area (Å²) in [6, 6.07) is 4.13. The highest BCUT2D eigenvalue weighted by molar-refractivity contribution is 5.44. The van der Waals surface area contributed by atoms with Crippen LogP contribution >= 0.6 is 0 Å². The van der Waals surface area contributed by atoms with Crippen molar-refractivity contribution < 1.29 is 4.74 Å². The van der Waals surface area contributed by atoms with Gasteiger partial charge in [-0.3, -0.25) is 0 Å². The Kier molecular flexibility index (Phi) is 3.35. The van der Waals surface area contributed by atoms with Crippen molar-refractivity contribution in [2.75, 3.05) is 24.7 Å². The summed E-state index contributed by atoms with van der Waals surface area (Å²) < 4.78 is 5.52. The van der Waals surface area contributed by atoms with Gasteiger partial charge in [-0.2, -0.15) is 0 Å². The van der Waals surface area contributed by atoms with E-state index in [4.69, 9.17) is 10.5 Å². The molecule has 0 aromatic carbocycles. The molecule has 0 atom stereocenters. The van der Waals surface area contributed by atoms with E-state index in [1.165, 1.54) is 0 Å². The first-order valence-electron chi connectivity index (χ1n) is 6.06. The first-order chi connectivity index (χ1) is 8.04. The second kappa shape index (κ2) is 4.63. The summed E-state index contributed by atoms with van der Waals surface area (Å²) in [7, 11) is 0. The molecule has 1 aromatic rings.